The third-order valence-corrected chi connectivity index (χ3v) is 5.13. The predicted octanol–water partition coefficient (Wildman–Crippen LogP) is 4.49. The Morgan fingerprint density at radius 3 is 2.51 bits per heavy atom. The summed E-state index contributed by atoms with van der Waals surface area (Å²) in [5.74, 6) is 0.844. The third-order valence-electron chi connectivity index (χ3n) is 5.13. The molecular weight excluding hydrogens is 446 g/mol. The van der Waals surface area contributed by atoms with E-state index < -0.39 is 0 Å². The van der Waals surface area contributed by atoms with Crippen LogP contribution in [0.3, 0.4) is 0 Å². The lowest BCUT2D eigenvalue weighted by Crippen LogP contribution is -2.20. The van der Waals surface area contributed by atoms with E-state index in [1.807, 2.05) is 39.0 Å². The maximum absolute atomic E-state index is 12.3. The maximum atomic E-state index is 12.3. The van der Waals surface area contributed by atoms with Gasteiger partial charge in [-0.3, -0.25) is 9.59 Å². The molecule has 0 aliphatic rings. The van der Waals surface area contributed by atoms with E-state index in [-0.39, 0.29) is 18.4 Å². The Labute approximate surface area is 204 Å². The molecule has 0 radical (unpaired) electrons. The molecule has 2 N–H and O–H groups in total. The molecule has 3 aromatic carbocycles. The lowest BCUT2D eigenvalue weighted by Gasteiger charge is -2.13. The minimum atomic E-state index is -0.361. The molecule has 8 nitrogen and oxygen atoms in total. The number of rotatable bonds is 10. The lowest BCUT2D eigenvalue weighted by atomic mass is 10.1. The number of amides is 2. The summed E-state index contributed by atoms with van der Waals surface area (Å²) >= 11 is 0. The van der Waals surface area contributed by atoms with Gasteiger partial charge in [0.1, 0.15) is 5.75 Å². The summed E-state index contributed by atoms with van der Waals surface area (Å²) in [5.41, 5.74) is 6.57. The molecule has 3 aromatic rings. The number of hydrazone groups is 1. The number of hydrogen-bond donors (Lipinski definition) is 2. The van der Waals surface area contributed by atoms with Crippen molar-refractivity contribution in [3.8, 4) is 17.2 Å². The second-order valence-corrected chi connectivity index (χ2v) is 7.71. The van der Waals surface area contributed by atoms with Crippen LogP contribution in [0, 0.1) is 13.8 Å². The van der Waals surface area contributed by atoms with Gasteiger partial charge in [0.25, 0.3) is 11.8 Å². The smallest absolute Gasteiger partial charge is 0.271 e. The van der Waals surface area contributed by atoms with Crippen LogP contribution in [0.5, 0.6) is 17.2 Å². The Kier molecular flexibility index (Phi) is 8.83. The number of nitrogens with one attached hydrogen (secondary N) is 2. The van der Waals surface area contributed by atoms with Crippen LogP contribution in [0.1, 0.15) is 34.0 Å². The molecule has 0 saturated carbocycles. The zero-order valence-electron chi connectivity index (χ0n) is 20.3. The molecule has 8 heteroatoms. The van der Waals surface area contributed by atoms with Crippen molar-refractivity contribution in [2.24, 2.45) is 5.10 Å². The van der Waals surface area contributed by atoms with Crippen molar-refractivity contribution in [2.45, 2.75) is 20.8 Å². The van der Waals surface area contributed by atoms with Crippen LogP contribution in [0.4, 0.5) is 5.69 Å². The molecule has 0 fully saturated rings. The summed E-state index contributed by atoms with van der Waals surface area (Å²) in [5, 5.41) is 6.84. The SMILES string of the molecule is CCOc1cc(/C=N/NC(=O)c2cccc(OC)c2)ccc1OCC(=O)Nc1ccc(C)c(C)c1. The summed E-state index contributed by atoms with van der Waals surface area (Å²) in [4.78, 5) is 24.6. The number of ether oxygens (including phenoxy) is 3. The van der Waals surface area contributed by atoms with E-state index in [9.17, 15) is 9.59 Å². The van der Waals surface area contributed by atoms with Crippen molar-refractivity contribution in [1.29, 1.82) is 0 Å². The fraction of sp³-hybridized carbons (Fsp3) is 0.222. The normalized spacial score (nSPS) is 10.6. The van der Waals surface area contributed by atoms with Crippen molar-refractivity contribution in [2.75, 3.05) is 25.6 Å². The fourth-order valence-corrected chi connectivity index (χ4v) is 3.15. The average Bonchev–Trinajstić information content (AvgIpc) is 2.86. The van der Waals surface area contributed by atoms with Crippen molar-refractivity contribution >= 4 is 23.7 Å². The van der Waals surface area contributed by atoms with Gasteiger partial charge in [0.2, 0.25) is 0 Å². The highest BCUT2D eigenvalue weighted by Gasteiger charge is 2.10. The Bertz CT molecular complexity index is 1220. The minimum Gasteiger partial charge on any atom is -0.497 e. The van der Waals surface area contributed by atoms with Gasteiger partial charge in [0.15, 0.2) is 18.1 Å². The highest BCUT2D eigenvalue weighted by atomic mass is 16.5. The number of anilines is 1. The number of benzene rings is 3. The molecule has 0 saturated heterocycles. The minimum absolute atomic E-state index is 0.170. The Morgan fingerprint density at radius 2 is 1.77 bits per heavy atom. The van der Waals surface area contributed by atoms with Gasteiger partial charge in [-0.05, 0) is 86.0 Å². The molecule has 182 valence electrons. The molecule has 0 aliphatic heterocycles. The van der Waals surface area contributed by atoms with E-state index in [1.54, 1.807) is 42.5 Å². The van der Waals surface area contributed by atoms with Crippen molar-refractivity contribution < 1.29 is 23.8 Å². The van der Waals surface area contributed by atoms with Crippen molar-refractivity contribution in [3.05, 3.63) is 82.9 Å². The Balaban J connectivity index is 1.60. The number of hydrogen-bond acceptors (Lipinski definition) is 6. The quantitative estimate of drug-likeness (QED) is 0.333. The van der Waals surface area contributed by atoms with E-state index in [2.05, 4.69) is 15.8 Å². The standard InChI is InChI=1S/C27H29N3O5/c1-5-34-25-14-20(16-28-30-27(32)21-7-6-8-23(15-21)33-4)10-12-24(25)35-17-26(31)29-22-11-9-18(2)19(3)13-22/h6-16H,5,17H2,1-4H3,(H,29,31)(H,30,32)/b28-16+. The van der Waals surface area contributed by atoms with Gasteiger partial charge in [0.05, 0.1) is 19.9 Å². The highest BCUT2D eigenvalue weighted by Crippen LogP contribution is 2.28. The summed E-state index contributed by atoms with van der Waals surface area (Å²) in [6.07, 6.45) is 1.50. The largest absolute Gasteiger partial charge is 0.497 e. The van der Waals surface area contributed by atoms with Gasteiger partial charge in [-0.25, -0.2) is 5.43 Å². The first kappa shape index (κ1) is 25.3. The molecule has 0 bridgehead atoms. The average molecular weight is 476 g/mol. The van der Waals surface area contributed by atoms with Crippen LogP contribution in [0.2, 0.25) is 0 Å². The molecule has 2 amide bonds. The number of carbonyl (C=O) groups excluding carboxylic acids is 2. The summed E-state index contributed by atoms with van der Waals surface area (Å²) < 4.78 is 16.5. The third kappa shape index (κ3) is 7.33. The zero-order chi connectivity index (χ0) is 25.2. The number of aryl methyl sites for hydroxylation is 2. The number of carbonyl (C=O) groups is 2. The second-order valence-electron chi connectivity index (χ2n) is 7.71. The predicted molar refractivity (Wildman–Crippen MR) is 136 cm³/mol. The molecule has 0 heterocycles. The van der Waals surface area contributed by atoms with Crippen LogP contribution < -0.4 is 25.0 Å². The summed E-state index contributed by atoms with van der Waals surface area (Å²) in [6, 6.07) is 17.7. The lowest BCUT2D eigenvalue weighted by molar-refractivity contribution is -0.118. The van der Waals surface area contributed by atoms with Gasteiger partial charge in [-0.15, -0.1) is 0 Å². The number of methoxy groups -OCH3 is 1. The molecule has 0 aliphatic carbocycles. The van der Waals surface area contributed by atoms with Crippen LogP contribution >= 0.6 is 0 Å². The summed E-state index contributed by atoms with van der Waals surface area (Å²) in [6.45, 7) is 6.11. The second kappa shape index (κ2) is 12.2. The first-order chi connectivity index (χ1) is 16.9. The van der Waals surface area contributed by atoms with E-state index >= 15 is 0 Å². The monoisotopic (exact) mass is 475 g/mol. The molecular formula is C27H29N3O5. The van der Waals surface area contributed by atoms with Crippen LogP contribution in [0.15, 0.2) is 65.8 Å². The topological polar surface area (TPSA) is 98.2 Å². The first-order valence-electron chi connectivity index (χ1n) is 11.1. The van der Waals surface area contributed by atoms with E-state index in [0.29, 0.717) is 40.7 Å². The van der Waals surface area contributed by atoms with Crippen molar-refractivity contribution in [1.82, 2.24) is 5.43 Å². The molecule has 0 unspecified atom stereocenters. The molecule has 35 heavy (non-hydrogen) atoms. The molecule has 0 atom stereocenters. The van der Waals surface area contributed by atoms with Crippen LogP contribution in [0.25, 0.3) is 0 Å². The fourth-order valence-electron chi connectivity index (χ4n) is 3.15. The van der Waals surface area contributed by atoms with Gasteiger partial charge in [-0.1, -0.05) is 12.1 Å². The van der Waals surface area contributed by atoms with E-state index in [1.165, 1.54) is 13.3 Å². The highest BCUT2D eigenvalue weighted by molar-refractivity contribution is 5.95. The van der Waals surface area contributed by atoms with Crippen LogP contribution in [-0.2, 0) is 4.79 Å². The van der Waals surface area contributed by atoms with Gasteiger partial charge in [0, 0.05) is 11.3 Å². The Hall–Kier alpha value is -4.33. The first-order valence-corrected chi connectivity index (χ1v) is 11.1. The van der Waals surface area contributed by atoms with E-state index in [0.717, 1.165) is 11.1 Å². The molecule has 3 rings (SSSR count). The summed E-state index contributed by atoms with van der Waals surface area (Å²) in [7, 11) is 1.54. The number of nitrogens with zero attached hydrogens (tertiary/aromatic N) is 1. The van der Waals surface area contributed by atoms with Crippen molar-refractivity contribution in [3.63, 3.8) is 0 Å². The van der Waals surface area contributed by atoms with Crippen LogP contribution in [-0.4, -0.2) is 38.4 Å². The molecule has 0 aromatic heterocycles. The van der Waals surface area contributed by atoms with Gasteiger partial charge < -0.3 is 19.5 Å². The van der Waals surface area contributed by atoms with Gasteiger partial charge in [-0.2, -0.15) is 5.10 Å². The maximum Gasteiger partial charge on any atom is 0.271 e. The Morgan fingerprint density at radius 1 is 0.943 bits per heavy atom. The van der Waals surface area contributed by atoms with E-state index in [4.69, 9.17) is 14.2 Å². The zero-order valence-corrected chi connectivity index (χ0v) is 20.3. The molecule has 0 spiro atoms. The van der Waals surface area contributed by atoms with Gasteiger partial charge >= 0.3 is 0 Å².